The SMILES string of the molecule is Clc1cccc(C2CC(c3ccc(I)cc3)Nc3ncnn32)c1. The van der Waals surface area contributed by atoms with E-state index in [0.717, 1.165) is 23.0 Å². The summed E-state index contributed by atoms with van der Waals surface area (Å²) in [5.74, 6) is 0.796. The summed E-state index contributed by atoms with van der Waals surface area (Å²) >= 11 is 8.50. The van der Waals surface area contributed by atoms with Crippen LogP contribution in [0.2, 0.25) is 5.02 Å². The third-order valence-corrected chi connectivity index (χ3v) is 5.09. The van der Waals surface area contributed by atoms with Gasteiger partial charge < -0.3 is 5.32 Å². The van der Waals surface area contributed by atoms with Gasteiger partial charge in [0.15, 0.2) is 0 Å². The Hall–Kier alpha value is -1.60. The minimum atomic E-state index is 0.122. The van der Waals surface area contributed by atoms with Crippen LogP contribution in [0.4, 0.5) is 5.95 Å². The Labute approximate surface area is 153 Å². The predicted octanol–water partition coefficient (Wildman–Crippen LogP) is 4.68. The maximum absolute atomic E-state index is 6.17. The van der Waals surface area contributed by atoms with Gasteiger partial charge in [0.25, 0.3) is 0 Å². The summed E-state index contributed by atoms with van der Waals surface area (Å²) in [6.45, 7) is 0. The van der Waals surface area contributed by atoms with Crippen LogP contribution in [0.1, 0.15) is 29.6 Å². The zero-order valence-electron chi connectivity index (χ0n) is 12.2. The molecule has 2 aromatic carbocycles. The van der Waals surface area contributed by atoms with Crippen molar-refractivity contribution in [1.29, 1.82) is 0 Å². The molecule has 0 radical (unpaired) electrons. The van der Waals surface area contributed by atoms with E-state index in [1.165, 1.54) is 9.13 Å². The van der Waals surface area contributed by atoms with Gasteiger partial charge in [-0.25, -0.2) is 4.68 Å². The fourth-order valence-corrected chi connectivity index (χ4v) is 3.58. The lowest BCUT2D eigenvalue weighted by atomic mass is 9.93. The van der Waals surface area contributed by atoms with Gasteiger partial charge in [0.05, 0.1) is 12.1 Å². The molecule has 0 saturated carbocycles. The van der Waals surface area contributed by atoms with Gasteiger partial charge in [0.1, 0.15) is 6.33 Å². The van der Waals surface area contributed by atoms with Crippen LogP contribution in [0.3, 0.4) is 0 Å². The fourth-order valence-electron chi connectivity index (χ4n) is 3.02. The summed E-state index contributed by atoms with van der Waals surface area (Å²) in [6, 6.07) is 16.9. The minimum Gasteiger partial charge on any atom is -0.348 e. The molecule has 0 saturated heterocycles. The van der Waals surface area contributed by atoms with Crippen LogP contribution in [0.5, 0.6) is 0 Å². The monoisotopic (exact) mass is 436 g/mol. The maximum Gasteiger partial charge on any atom is 0.222 e. The van der Waals surface area contributed by atoms with Crippen LogP contribution in [0.15, 0.2) is 54.9 Å². The van der Waals surface area contributed by atoms with Gasteiger partial charge >= 0.3 is 0 Å². The third-order valence-electron chi connectivity index (χ3n) is 4.14. The van der Waals surface area contributed by atoms with Crippen molar-refractivity contribution in [3.8, 4) is 0 Å². The molecule has 116 valence electrons. The van der Waals surface area contributed by atoms with E-state index in [9.17, 15) is 0 Å². The van der Waals surface area contributed by atoms with Crippen LogP contribution >= 0.6 is 34.2 Å². The molecule has 1 aliphatic rings. The number of hydrogen-bond acceptors (Lipinski definition) is 3. The molecular formula is C17H14ClIN4. The van der Waals surface area contributed by atoms with Crippen LogP contribution < -0.4 is 5.32 Å². The number of hydrogen-bond donors (Lipinski definition) is 1. The number of fused-ring (bicyclic) bond motifs is 1. The van der Waals surface area contributed by atoms with Crippen molar-refractivity contribution in [3.63, 3.8) is 0 Å². The zero-order chi connectivity index (χ0) is 15.8. The van der Waals surface area contributed by atoms with Crippen LogP contribution in [0.25, 0.3) is 0 Å². The van der Waals surface area contributed by atoms with E-state index in [2.05, 4.69) is 68.3 Å². The molecule has 3 aromatic rings. The average molecular weight is 437 g/mol. The summed E-state index contributed by atoms with van der Waals surface area (Å²) in [4.78, 5) is 4.35. The van der Waals surface area contributed by atoms with Gasteiger partial charge in [-0.05, 0) is 64.4 Å². The van der Waals surface area contributed by atoms with Crippen molar-refractivity contribution in [3.05, 3.63) is 74.6 Å². The quantitative estimate of drug-likeness (QED) is 0.593. The number of aromatic nitrogens is 3. The molecule has 0 bridgehead atoms. The molecule has 23 heavy (non-hydrogen) atoms. The Balaban J connectivity index is 1.73. The second-order valence-electron chi connectivity index (χ2n) is 5.58. The van der Waals surface area contributed by atoms with E-state index in [1.54, 1.807) is 6.33 Å². The molecule has 1 aromatic heterocycles. The molecule has 2 atom stereocenters. The summed E-state index contributed by atoms with van der Waals surface area (Å²) in [7, 11) is 0. The van der Waals surface area contributed by atoms with Crippen LogP contribution in [0, 0.1) is 3.57 Å². The van der Waals surface area contributed by atoms with Gasteiger partial charge in [-0.15, -0.1) is 0 Å². The Morgan fingerprint density at radius 1 is 1.13 bits per heavy atom. The average Bonchev–Trinajstić information content (AvgIpc) is 3.03. The molecule has 0 spiro atoms. The lowest BCUT2D eigenvalue weighted by molar-refractivity contribution is 0.431. The molecule has 1 aliphatic heterocycles. The summed E-state index contributed by atoms with van der Waals surface area (Å²) in [6.07, 6.45) is 2.49. The van der Waals surface area contributed by atoms with E-state index in [1.807, 2.05) is 22.9 Å². The predicted molar refractivity (Wildman–Crippen MR) is 99.8 cm³/mol. The number of anilines is 1. The third kappa shape index (κ3) is 2.95. The second kappa shape index (κ2) is 6.13. The molecule has 0 amide bonds. The molecule has 4 rings (SSSR count). The van der Waals surface area contributed by atoms with E-state index >= 15 is 0 Å². The highest BCUT2D eigenvalue weighted by Crippen LogP contribution is 2.37. The topological polar surface area (TPSA) is 42.7 Å². The fraction of sp³-hybridized carbons (Fsp3) is 0.176. The maximum atomic E-state index is 6.17. The van der Waals surface area contributed by atoms with Crippen molar-refractivity contribution in [2.45, 2.75) is 18.5 Å². The molecule has 2 heterocycles. The van der Waals surface area contributed by atoms with Crippen LogP contribution in [-0.2, 0) is 0 Å². The van der Waals surface area contributed by atoms with Crippen molar-refractivity contribution in [2.75, 3.05) is 5.32 Å². The number of rotatable bonds is 2. The highest BCUT2D eigenvalue weighted by atomic mass is 127. The number of nitrogens with zero attached hydrogens (tertiary/aromatic N) is 3. The smallest absolute Gasteiger partial charge is 0.222 e. The number of benzene rings is 2. The standard InChI is InChI=1S/C17H14ClIN4/c18-13-3-1-2-12(8-13)16-9-15(11-4-6-14(19)7-5-11)22-17-20-10-21-23(16)17/h1-8,10,15-16H,9H2,(H,20,21,22). The van der Waals surface area contributed by atoms with Gasteiger partial charge in [-0.1, -0.05) is 35.9 Å². The van der Waals surface area contributed by atoms with Crippen molar-refractivity contribution in [1.82, 2.24) is 14.8 Å². The summed E-state index contributed by atoms with van der Waals surface area (Å²) in [5, 5.41) is 8.61. The van der Waals surface area contributed by atoms with E-state index in [0.29, 0.717) is 0 Å². The first kappa shape index (κ1) is 15.0. The Morgan fingerprint density at radius 3 is 2.74 bits per heavy atom. The highest BCUT2D eigenvalue weighted by Gasteiger charge is 2.29. The first-order valence-electron chi connectivity index (χ1n) is 7.38. The van der Waals surface area contributed by atoms with E-state index < -0.39 is 0 Å². The lowest BCUT2D eigenvalue weighted by Gasteiger charge is -2.32. The van der Waals surface area contributed by atoms with E-state index in [-0.39, 0.29) is 12.1 Å². The Bertz CT molecular complexity index is 831. The summed E-state index contributed by atoms with van der Waals surface area (Å²) < 4.78 is 3.17. The largest absolute Gasteiger partial charge is 0.348 e. The van der Waals surface area contributed by atoms with E-state index in [4.69, 9.17) is 11.6 Å². The van der Waals surface area contributed by atoms with Gasteiger partial charge in [-0.3, -0.25) is 0 Å². The molecule has 1 N–H and O–H groups in total. The Morgan fingerprint density at radius 2 is 1.96 bits per heavy atom. The molecule has 4 nitrogen and oxygen atoms in total. The Kier molecular flexibility index (Phi) is 3.98. The first-order valence-corrected chi connectivity index (χ1v) is 8.83. The normalized spacial score (nSPS) is 19.9. The number of nitrogens with one attached hydrogen (secondary N) is 1. The minimum absolute atomic E-state index is 0.122. The van der Waals surface area contributed by atoms with Crippen molar-refractivity contribution < 1.29 is 0 Å². The lowest BCUT2D eigenvalue weighted by Crippen LogP contribution is -2.28. The molecule has 2 unspecified atom stereocenters. The molecule has 0 aliphatic carbocycles. The van der Waals surface area contributed by atoms with Crippen molar-refractivity contribution in [2.24, 2.45) is 0 Å². The molecule has 0 fully saturated rings. The van der Waals surface area contributed by atoms with Gasteiger partial charge in [-0.2, -0.15) is 10.1 Å². The summed E-state index contributed by atoms with van der Waals surface area (Å²) in [5.41, 5.74) is 2.41. The van der Waals surface area contributed by atoms with Gasteiger partial charge in [0, 0.05) is 8.59 Å². The zero-order valence-corrected chi connectivity index (χ0v) is 15.1. The second-order valence-corrected chi connectivity index (χ2v) is 7.27. The molecule has 6 heteroatoms. The van der Waals surface area contributed by atoms with Crippen LogP contribution in [-0.4, -0.2) is 14.8 Å². The van der Waals surface area contributed by atoms with Gasteiger partial charge in [0.2, 0.25) is 5.95 Å². The molecular weight excluding hydrogens is 423 g/mol. The van der Waals surface area contributed by atoms with Crippen molar-refractivity contribution >= 4 is 40.1 Å². The highest BCUT2D eigenvalue weighted by molar-refractivity contribution is 14.1. The number of halogens is 2. The first-order chi connectivity index (χ1) is 11.2.